The average Bonchev–Trinajstić information content (AvgIpc) is 3.08. The number of cyclic esters (lactones) is 1. The Morgan fingerprint density at radius 2 is 1.92 bits per heavy atom. The first-order valence-corrected chi connectivity index (χ1v) is 8.18. The smallest absolute Gasteiger partial charge is 0.416 e. The Kier molecular flexibility index (Phi) is 3.90. The molecule has 0 unspecified atom stereocenters. The molecule has 0 bridgehead atoms. The van der Waals surface area contributed by atoms with Crippen LogP contribution < -0.4 is 4.40 Å². The largest absolute Gasteiger partial charge is 0.447 e. The van der Waals surface area contributed by atoms with Gasteiger partial charge in [-0.1, -0.05) is 30.3 Å². The molecule has 5 heteroatoms. The molecule has 0 saturated carbocycles. The van der Waals surface area contributed by atoms with E-state index in [2.05, 4.69) is 12.1 Å². The molecule has 0 spiro atoms. The monoisotopic (exact) mass is 333 g/mol. The van der Waals surface area contributed by atoms with Crippen LogP contribution in [-0.4, -0.2) is 30.1 Å². The lowest BCUT2D eigenvalue weighted by Crippen LogP contribution is -2.34. The summed E-state index contributed by atoms with van der Waals surface area (Å²) in [5, 5.41) is 0. The van der Waals surface area contributed by atoms with Crippen LogP contribution >= 0.6 is 0 Å². The number of hydrogen-bond donors (Lipinski definition) is 0. The number of aromatic nitrogens is 1. The summed E-state index contributed by atoms with van der Waals surface area (Å²) in [6, 6.07) is 17.9. The Bertz CT molecular complexity index is 954. The SMILES string of the molecule is O=C1OCCN1C(=O)c1cc(Cc2ccccc2)c2cccc[n+]2c1. The number of nitrogens with zero attached hydrogens (tertiary/aromatic N) is 2. The summed E-state index contributed by atoms with van der Waals surface area (Å²) in [6.45, 7) is 0.547. The van der Waals surface area contributed by atoms with Crippen LogP contribution in [0.25, 0.3) is 5.52 Å². The normalized spacial score (nSPS) is 13.9. The van der Waals surface area contributed by atoms with Crippen LogP contribution in [0.5, 0.6) is 0 Å². The Hall–Kier alpha value is -3.21. The summed E-state index contributed by atoms with van der Waals surface area (Å²) >= 11 is 0. The van der Waals surface area contributed by atoms with Gasteiger partial charge in [-0.25, -0.2) is 9.69 Å². The second kappa shape index (κ2) is 6.36. The minimum Gasteiger partial charge on any atom is -0.447 e. The summed E-state index contributed by atoms with van der Waals surface area (Å²) in [5.74, 6) is -0.324. The molecule has 4 rings (SSSR count). The predicted octanol–water partition coefficient (Wildman–Crippen LogP) is 2.61. The van der Waals surface area contributed by atoms with Crippen LogP contribution in [0.4, 0.5) is 4.79 Å². The number of amides is 2. The Morgan fingerprint density at radius 1 is 1.12 bits per heavy atom. The average molecular weight is 333 g/mol. The van der Waals surface area contributed by atoms with Crippen molar-refractivity contribution in [2.24, 2.45) is 0 Å². The van der Waals surface area contributed by atoms with Crippen LogP contribution in [0.3, 0.4) is 0 Å². The van der Waals surface area contributed by atoms with Crippen molar-refractivity contribution >= 4 is 17.5 Å². The van der Waals surface area contributed by atoms with E-state index in [1.165, 1.54) is 5.56 Å². The van der Waals surface area contributed by atoms with Gasteiger partial charge in [0.25, 0.3) is 5.91 Å². The van der Waals surface area contributed by atoms with Crippen molar-refractivity contribution in [3.8, 4) is 0 Å². The number of hydrogen-bond acceptors (Lipinski definition) is 3. The standard InChI is InChI=1S/C20H17N2O3/c23-19(22-10-11-25-20(22)24)17-13-16(12-15-6-2-1-3-7-15)18-8-4-5-9-21(18)14-17/h1-9,13-14H,10-12H2/q+1. The van der Waals surface area contributed by atoms with E-state index >= 15 is 0 Å². The third-order valence-electron chi connectivity index (χ3n) is 4.32. The van der Waals surface area contributed by atoms with E-state index in [1.807, 2.05) is 53.1 Å². The van der Waals surface area contributed by atoms with E-state index < -0.39 is 6.09 Å². The third-order valence-corrected chi connectivity index (χ3v) is 4.32. The van der Waals surface area contributed by atoms with Gasteiger partial charge in [0.1, 0.15) is 12.2 Å². The number of carbonyl (C=O) groups excluding carboxylic acids is 2. The van der Waals surface area contributed by atoms with Crippen LogP contribution in [0.15, 0.2) is 67.0 Å². The number of ether oxygens (including phenoxy) is 1. The lowest BCUT2D eigenvalue weighted by atomic mass is 10.0. The summed E-state index contributed by atoms with van der Waals surface area (Å²) in [5.41, 5.74) is 3.71. The molecule has 0 atom stereocenters. The van der Waals surface area contributed by atoms with Crippen molar-refractivity contribution in [1.82, 2.24) is 4.90 Å². The first kappa shape index (κ1) is 15.3. The Labute approximate surface area is 145 Å². The van der Waals surface area contributed by atoms with Crippen LogP contribution in [0, 0.1) is 0 Å². The van der Waals surface area contributed by atoms with E-state index in [0.29, 0.717) is 18.5 Å². The molecule has 25 heavy (non-hydrogen) atoms. The van der Waals surface area contributed by atoms with E-state index in [4.69, 9.17) is 4.74 Å². The maximum atomic E-state index is 12.7. The zero-order chi connectivity index (χ0) is 17.2. The highest BCUT2D eigenvalue weighted by atomic mass is 16.6. The van der Waals surface area contributed by atoms with Gasteiger partial charge in [0.2, 0.25) is 5.52 Å². The van der Waals surface area contributed by atoms with E-state index in [1.54, 1.807) is 6.20 Å². The maximum Gasteiger partial charge on any atom is 0.416 e. The summed E-state index contributed by atoms with van der Waals surface area (Å²) in [6.07, 6.45) is 3.80. The first-order valence-electron chi connectivity index (χ1n) is 8.18. The van der Waals surface area contributed by atoms with Crippen LogP contribution in [0.2, 0.25) is 0 Å². The number of pyridine rings is 2. The van der Waals surface area contributed by atoms with E-state index in [0.717, 1.165) is 16.0 Å². The molecule has 0 radical (unpaired) electrons. The number of rotatable bonds is 3. The van der Waals surface area contributed by atoms with E-state index in [-0.39, 0.29) is 12.5 Å². The van der Waals surface area contributed by atoms with Gasteiger partial charge in [-0.3, -0.25) is 4.79 Å². The number of benzene rings is 1. The molecule has 2 aromatic heterocycles. The molecular formula is C20H17N2O3+. The summed E-state index contributed by atoms with van der Waals surface area (Å²) in [7, 11) is 0. The molecule has 3 heterocycles. The summed E-state index contributed by atoms with van der Waals surface area (Å²) in [4.78, 5) is 25.6. The van der Waals surface area contributed by atoms with Gasteiger partial charge < -0.3 is 4.74 Å². The van der Waals surface area contributed by atoms with Gasteiger partial charge in [0.15, 0.2) is 12.4 Å². The molecule has 1 aliphatic rings. The maximum absolute atomic E-state index is 12.7. The van der Waals surface area contributed by atoms with Crippen molar-refractivity contribution in [2.75, 3.05) is 13.2 Å². The molecule has 124 valence electrons. The van der Waals surface area contributed by atoms with Crippen LogP contribution in [0.1, 0.15) is 21.5 Å². The first-order chi connectivity index (χ1) is 12.2. The molecule has 0 N–H and O–H groups in total. The number of carbonyl (C=O) groups is 2. The predicted molar refractivity (Wildman–Crippen MR) is 91.2 cm³/mol. The van der Waals surface area contributed by atoms with Crippen molar-refractivity contribution < 1.29 is 18.7 Å². The minimum absolute atomic E-state index is 0.252. The molecular weight excluding hydrogens is 316 g/mol. The van der Waals surface area contributed by atoms with Crippen molar-refractivity contribution in [2.45, 2.75) is 6.42 Å². The van der Waals surface area contributed by atoms with Crippen molar-refractivity contribution in [1.29, 1.82) is 0 Å². The highest BCUT2D eigenvalue weighted by Gasteiger charge is 2.31. The van der Waals surface area contributed by atoms with E-state index in [9.17, 15) is 9.59 Å². The van der Waals surface area contributed by atoms with Gasteiger partial charge >= 0.3 is 6.09 Å². The van der Waals surface area contributed by atoms with Gasteiger partial charge in [0, 0.05) is 24.1 Å². The number of fused-ring (bicyclic) bond motifs is 1. The Morgan fingerprint density at radius 3 is 2.68 bits per heavy atom. The lowest BCUT2D eigenvalue weighted by molar-refractivity contribution is -0.512. The fourth-order valence-electron chi connectivity index (χ4n) is 3.10. The highest BCUT2D eigenvalue weighted by molar-refractivity contribution is 6.03. The molecule has 1 saturated heterocycles. The fourth-order valence-corrected chi connectivity index (χ4v) is 3.10. The van der Waals surface area contributed by atoms with Gasteiger partial charge in [0.05, 0.1) is 6.54 Å². The second-order valence-electron chi connectivity index (χ2n) is 5.98. The molecule has 1 aliphatic heterocycles. The quantitative estimate of drug-likeness (QED) is 0.692. The van der Waals surface area contributed by atoms with Crippen molar-refractivity contribution in [3.63, 3.8) is 0 Å². The second-order valence-corrected chi connectivity index (χ2v) is 5.98. The molecule has 2 amide bonds. The zero-order valence-corrected chi connectivity index (χ0v) is 13.6. The lowest BCUT2D eigenvalue weighted by Gasteiger charge is -2.11. The third kappa shape index (κ3) is 2.96. The van der Waals surface area contributed by atoms with Crippen molar-refractivity contribution in [3.05, 3.63) is 83.7 Å². The molecule has 0 aliphatic carbocycles. The molecule has 1 aromatic carbocycles. The Balaban J connectivity index is 1.78. The van der Waals surface area contributed by atoms with Gasteiger partial charge in [-0.05, 0) is 17.7 Å². The molecule has 5 nitrogen and oxygen atoms in total. The molecule has 3 aromatic rings. The van der Waals surface area contributed by atoms with Crippen LogP contribution in [-0.2, 0) is 11.2 Å². The fraction of sp³-hybridized carbons (Fsp3) is 0.150. The highest BCUT2D eigenvalue weighted by Crippen LogP contribution is 2.17. The zero-order valence-electron chi connectivity index (χ0n) is 13.6. The molecule has 1 fully saturated rings. The van der Waals surface area contributed by atoms with Gasteiger partial charge in [-0.15, -0.1) is 0 Å². The van der Waals surface area contributed by atoms with Gasteiger partial charge in [-0.2, -0.15) is 4.40 Å². The number of imide groups is 1. The topological polar surface area (TPSA) is 50.7 Å². The minimum atomic E-state index is -0.576. The summed E-state index contributed by atoms with van der Waals surface area (Å²) < 4.78 is 6.80.